The first-order valence-electron chi connectivity index (χ1n) is 9.19. The number of hydrogen-bond acceptors (Lipinski definition) is 4. The molecule has 24 heavy (non-hydrogen) atoms. The third-order valence-corrected chi connectivity index (χ3v) is 7.26. The Bertz CT molecular complexity index is 537. The molecule has 2 atom stereocenters. The minimum Gasteiger partial charge on any atom is -0.357 e. The molecule has 0 radical (unpaired) electrons. The van der Waals surface area contributed by atoms with Gasteiger partial charge in [-0.1, -0.05) is 0 Å². The van der Waals surface area contributed by atoms with Crippen molar-refractivity contribution in [1.29, 1.82) is 0 Å². The second-order valence-electron chi connectivity index (χ2n) is 6.67. The van der Waals surface area contributed by atoms with Crippen molar-refractivity contribution >= 4 is 29.1 Å². The van der Waals surface area contributed by atoms with Crippen LogP contribution in [0.1, 0.15) is 37.1 Å². The Morgan fingerprint density at radius 2 is 2.38 bits per heavy atom. The molecular formula is C18H30N4S2. The lowest BCUT2D eigenvalue weighted by molar-refractivity contribution is 0.197. The molecule has 0 saturated carbocycles. The summed E-state index contributed by atoms with van der Waals surface area (Å²) in [4.78, 5) is 8.98. The number of rotatable bonds is 6. The van der Waals surface area contributed by atoms with E-state index >= 15 is 0 Å². The molecule has 6 heteroatoms. The lowest BCUT2D eigenvalue weighted by Crippen LogP contribution is -2.42. The first kappa shape index (κ1) is 18.1. The fraction of sp³-hybridized carbons (Fsp3) is 0.722. The average molecular weight is 367 g/mol. The van der Waals surface area contributed by atoms with Crippen LogP contribution in [0.15, 0.2) is 16.4 Å². The van der Waals surface area contributed by atoms with Gasteiger partial charge in [0.2, 0.25) is 0 Å². The molecule has 0 amide bonds. The van der Waals surface area contributed by atoms with Crippen LogP contribution in [0, 0.1) is 0 Å². The van der Waals surface area contributed by atoms with E-state index in [9.17, 15) is 0 Å². The highest BCUT2D eigenvalue weighted by molar-refractivity contribution is 8.00. The van der Waals surface area contributed by atoms with Crippen molar-refractivity contribution in [3.8, 4) is 0 Å². The molecule has 3 rings (SSSR count). The Hall–Kier alpha value is -0.720. The third kappa shape index (κ3) is 4.90. The lowest BCUT2D eigenvalue weighted by Gasteiger charge is -2.31. The highest BCUT2D eigenvalue weighted by Crippen LogP contribution is 2.26. The Labute approximate surface area is 154 Å². The monoisotopic (exact) mass is 366 g/mol. The summed E-state index contributed by atoms with van der Waals surface area (Å²) in [5.41, 5.74) is 1.52. The van der Waals surface area contributed by atoms with E-state index in [0.29, 0.717) is 6.04 Å². The maximum atomic E-state index is 4.84. The van der Waals surface area contributed by atoms with E-state index in [1.165, 1.54) is 30.6 Å². The molecule has 1 fully saturated rings. The minimum absolute atomic E-state index is 0.481. The largest absolute Gasteiger partial charge is 0.357 e. The van der Waals surface area contributed by atoms with Crippen molar-refractivity contribution < 1.29 is 0 Å². The fourth-order valence-electron chi connectivity index (χ4n) is 3.34. The summed E-state index contributed by atoms with van der Waals surface area (Å²) >= 11 is 4.00. The Morgan fingerprint density at radius 1 is 1.46 bits per heavy atom. The molecule has 1 aromatic heterocycles. The van der Waals surface area contributed by atoms with E-state index in [0.717, 1.165) is 43.9 Å². The summed E-state index contributed by atoms with van der Waals surface area (Å²) < 4.78 is 0. The van der Waals surface area contributed by atoms with E-state index in [1.54, 1.807) is 4.88 Å². The van der Waals surface area contributed by atoms with E-state index in [4.69, 9.17) is 4.99 Å². The Kier molecular flexibility index (Phi) is 6.86. The number of guanidine groups is 1. The summed E-state index contributed by atoms with van der Waals surface area (Å²) in [7, 11) is 0. The van der Waals surface area contributed by atoms with Crippen LogP contribution in [0.25, 0.3) is 0 Å². The highest BCUT2D eigenvalue weighted by atomic mass is 32.2. The van der Waals surface area contributed by atoms with Gasteiger partial charge in [-0.15, -0.1) is 11.3 Å². The summed E-state index contributed by atoms with van der Waals surface area (Å²) in [6, 6.07) is 2.77. The standard InChI is InChI=1S/C18H30N4S2/c1-3-19-18(21-12-16-5-4-9-23-16)20-11-14(2)22-8-6-17-15(13-22)7-10-24-17/h7,10,14,16H,3-6,8-9,11-13H2,1-2H3,(H2,19,20,21). The van der Waals surface area contributed by atoms with E-state index in [-0.39, 0.29) is 0 Å². The molecule has 0 aromatic carbocycles. The van der Waals surface area contributed by atoms with Gasteiger partial charge in [-0.05, 0) is 55.9 Å². The van der Waals surface area contributed by atoms with Crippen LogP contribution in [-0.4, -0.2) is 54.1 Å². The average Bonchev–Trinajstić information content (AvgIpc) is 3.27. The molecule has 0 bridgehead atoms. The molecule has 3 heterocycles. The van der Waals surface area contributed by atoms with E-state index in [1.807, 2.05) is 11.3 Å². The number of aliphatic imine (C=N–C) groups is 1. The van der Waals surface area contributed by atoms with Crippen LogP contribution in [-0.2, 0) is 13.0 Å². The van der Waals surface area contributed by atoms with Gasteiger partial charge in [-0.25, -0.2) is 0 Å². The zero-order valence-electron chi connectivity index (χ0n) is 14.9. The number of thioether (sulfide) groups is 1. The molecule has 2 aliphatic rings. The molecule has 0 aliphatic carbocycles. The summed E-state index contributed by atoms with van der Waals surface area (Å²) in [5, 5.41) is 9.91. The highest BCUT2D eigenvalue weighted by Gasteiger charge is 2.21. The Balaban J connectivity index is 1.49. The molecule has 0 spiro atoms. The first-order chi connectivity index (χ1) is 11.8. The number of nitrogens with one attached hydrogen (secondary N) is 2. The fourth-order valence-corrected chi connectivity index (χ4v) is 5.43. The molecule has 1 aromatic rings. The van der Waals surface area contributed by atoms with E-state index in [2.05, 4.69) is 52.6 Å². The molecule has 1 saturated heterocycles. The van der Waals surface area contributed by atoms with Gasteiger partial charge in [0.25, 0.3) is 0 Å². The van der Waals surface area contributed by atoms with Gasteiger partial charge < -0.3 is 10.6 Å². The van der Waals surface area contributed by atoms with Crippen molar-refractivity contribution in [1.82, 2.24) is 15.5 Å². The maximum Gasteiger partial charge on any atom is 0.191 e. The molecular weight excluding hydrogens is 336 g/mol. The van der Waals surface area contributed by atoms with Crippen molar-refractivity contribution in [2.24, 2.45) is 4.99 Å². The molecule has 4 nitrogen and oxygen atoms in total. The van der Waals surface area contributed by atoms with Crippen LogP contribution < -0.4 is 10.6 Å². The molecule has 2 N–H and O–H groups in total. The second-order valence-corrected chi connectivity index (χ2v) is 9.08. The zero-order chi connectivity index (χ0) is 16.8. The van der Waals surface area contributed by atoms with Gasteiger partial charge in [0, 0.05) is 42.3 Å². The first-order valence-corrected chi connectivity index (χ1v) is 11.1. The Morgan fingerprint density at radius 3 is 3.17 bits per heavy atom. The predicted octanol–water partition coefficient (Wildman–Crippen LogP) is 2.95. The predicted molar refractivity (Wildman–Crippen MR) is 107 cm³/mol. The number of nitrogens with zero attached hydrogens (tertiary/aromatic N) is 2. The van der Waals surface area contributed by atoms with Crippen LogP contribution >= 0.6 is 23.1 Å². The molecule has 2 unspecified atom stereocenters. The third-order valence-electron chi connectivity index (χ3n) is 4.84. The van der Waals surface area contributed by atoms with Crippen molar-refractivity contribution in [3.63, 3.8) is 0 Å². The van der Waals surface area contributed by atoms with Crippen molar-refractivity contribution in [2.75, 3.05) is 31.9 Å². The summed E-state index contributed by atoms with van der Waals surface area (Å²) in [6.07, 6.45) is 3.89. The smallest absolute Gasteiger partial charge is 0.191 e. The summed E-state index contributed by atoms with van der Waals surface area (Å²) in [6.45, 7) is 9.48. The number of fused-ring (bicyclic) bond motifs is 1. The van der Waals surface area contributed by atoms with Crippen LogP contribution in [0.3, 0.4) is 0 Å². The van der Waals surface area contributed by atoms with Crippen LogP contribution in [0.2, 0.25) is 0 Å². The SMILES string of the molecule is CCNC(=NCC(C)N1CCc2sccc2C1)NCC1CCCS1. The summed E-state index contributed by atoms with van der Waals surface area (Å²) in [5.74, 6) is 2.29. The van der Waals surface area contributed by atoms with E-state index < -0.39 is 0 Å². The maximum absolute atomic E-state index is 4.84. The van der Waals surface area contributed by atoms with Gasteiger partial charge in [0.1, 0.15) is 0 Å². The normalized spacial score (nSPS) is 23.1. The second kappa shape index (κ2) is 9.11. The van der Waals surface area contributed by atoms with Gasteiger partial charge in [-0.2, -0.15) is 11.8 Å². The molecule has 134 valence electrons. The van der Waals surface area contributed by atoms with Crippen molar-refractivity contribution in [2.45, 2.75) is 50.9 Å². The quantitative estimate of drug-likeness (QED) is 0.600. The van der Waals surface area contributed by atoms with Crippen LogP contribution in [0.4, 0.5) is 0 Å². The zero-order valence-corrected chi connectivity index (χ0v) is 16.5. The minimum atomic E-state index is 0.481. The topological polar surface area (TPSA) is 39.7 Å². The number of thiophene rings is 1. The van der Waals surface area contributed by atoms with Gasteiger partial charge in [0.05, 0.1) is 6.54 Å². The van der Waals surface area contributed by atoms with Crippen LogP contribution in [0.5, 0.6) is 0 Å². The van der Waals surface area contributed by atoms with Gasteiger partial charge in [0.15, 0.2) is 5.96 Å². The molecule has 2 aliphatic heterocycles. The van der Waals surface area contributed by atoms with Gasteiger partial charge >= 0.3 is 0 Å². The lowest BCUT2D eigenvalue weighted by atomic mass is 10.1. The van der Waals surface area contributed by atoms with Crippen molar-refractivity contribution in [3.05, 3.63) is 21.9 Å². The van der Waals surface area contributed by atoms with Gasteiger partial charge in [-0.3, -0.25) is 9.89 Å². The number of hydrogen-bond donors (Lipinski definition) is 2.